The molecule has 1 aromatic carbocycles. The second kappa shape index (κ2) is 6.64. The van der Waals surface area contributed by atoms with E-state index in [4.69, 9.17) is 4.74 Å². The van der Waals surface area contributed by atoms with Gasteiger partial charge in [0.25, 0.3) is 0 Å². The van der Waals surface area contributed by atoms with Crippen molar-refractivity contribution in [2.75, 3.05) is 25.5 Å². The quantitative estimate of drug-likeness (QED) is 0.926. The smallest absolute Gasteiger partial charge is 0.220 e. The zero-order valence-corrected chi connectivity index (χ0v) is 12.5. The lowest BCUT2D eigenvalue weighted by Crippen LogP contribution is -2.30. The van der Waals surface area contributed by atoms with Crippen molar-refractivity contribution >= 4 is 17.7 Å². The minimum Gasteiger partial charge on any atom is -0.381 e. The maximum Gasteiger partial charge on any atom is 0.220 e. The summed E-state index contributed by atoms with van der Waals surface area (Å²) in [6.07, 6.45) is 2.78. The van der Waals surface area contributed by atoms with Crippen LogP contribution in [0.25, 0.3) is 0 Å². The predicted molar refractivity (Wildman–Crippen MR) is 81.9 cm³/mol. The molecule has 0 spiro atoms. The zero-order valence-electron chi connectivity index (χ0n) is 11.6. The molecule has 2 aliphatic heterocycles. The zero-order chi connectivity index (χ0) is 13.8. The molecule has 4 heteroatoms. The lowest BCUT2D eigenvalue weighted by atomic mass is 10.0. The van der Waals surface area contributed by atoms with Crippen molar-refractivity contribution in [1.82, 2.24) is 5.32 Å². The molecule has 0 aromatic heterocycles. The van der Waals surface area contributed by atoms with E-state index in [2.05, 4.69) is 29.6 Å². The molecule has 3 rings (SSSR count). The van der Waals surface area contributed by atoms with Gasteiger partial charge in [-0.25, -0.2) is 0 Å². The number of nitrogens with one attached hydrogen (secondary N) is 1. The number of benzene rings is 1. The van der Waals surface area contributed by atoms with Crippen LogP contribution in [-0.2, 0) is 16.0 Å². The minimum atomic E-state index is 0.171. The summed E-state index contributed by atoms with van der Waals surface area (Å²) < 4.78 is 5.31. The Morgan fingerprint density at radius 2 is 2.30 bits per heavy atom. The second-order valence-electron chi connectivity index (χ2n) is 5.55. The van der Waals surface area contributed by atoms with Crippen LogP contribution in [0, 0.1) is 5.92 Å². The molecule has 1 N–H and O–H groups in total. The predicted octanol–water partition coefficient (Wildman–Crippen LogP) is 2.56. The van der Waals surface area contributed by atoms with Crippen LogP contribution in [-0.4, -0.2) is 31.4 Å². The van der Waals surface area contributed by atoms with Crippen molar-refractivity contribution < 1.29 is 9.53 Å². The molecule has 0 saturated carbocycles. The van der Waals surface area contributed by atoms with Crippen LogP contribution >= 0.6 is 11.8 Å². The molecule has 0 unspecified atom stereocenters. The van der Waals surface area contributed by atoms with Crippen LogP contribution in [0.2, 0.25) is 0 Å². The number of rotatable bonds is 4. The number of hydrogen-bond acceptors (Lipinski definition) is 3. The van der Waals surface area contributed by atoms with Gasteiger partial charge >= 0.3 is 0 Å². The normalized spacial score (nSPS) is 25.2. The number of fused-ring (bicyclic) bond motifs is 1. The first-order valence-electron chi connectivity index (χ1n) is 7.37. The summed E-state index contributed by atoms with van der Waals surface area (Å²) in [6.45, 7) is 2.30. The van der Waals surface area contributed by atoms with Crippen LogP contribution in [0.15, 0.2) is 24.3 Å². The first-order valence-corrected chi connectivity index (χ1v) is 8.41. The fourth-order valence-electron chi connectivity index (χ4n) is 2.93. The lowest BCUT2D eigenvalue weighted by Gasteiger charge is -2.25. The van der Waals surface area contributed by atoms with E-state index in [1.54, 1.807) is 0 Å². The Bertz CT molecular complexity index is 471. The Morgan fingerprint density at radius 3 is 3.15 bits per heavy atom. The topological polar surface area (TPSA) is 38.3 Å². The molecule has 2 aliphatic rings. The van der Waals surface area contributed by atoms with Crippen molar-refractivity contribution in [3.05, 3.63) is 35.4 Å². The molecule has 0 aliphatic carbocycles. The van der Waals surface area contributed by atoms with Gasteiger partial charge in [0.05, 0.1) is 0 Å². The third kappa shape index (κ3) is 3.36. The summed E-state index contributed by atoms with van der Waals surface area (Å²) in [5.41, 5.74) is 2.84. The Morgan fingerprint density at radius 1 is 1.40 bits per heavy atom. The van der Waals surface area contributed by atoms with E-state index in [0.717, 1.165) is 38.4 Å². The Kier molecular flexibility index (Phi) is 4.63. The summed E-state index contributed by atoms with van der Waals surface area (Å²) in [5.74, 6) is 1.74. The van der Waals surface area contributed by atoms with Crippen LogP contribution in [0.3, 0.4) is 0 Å². The first-order chi connectivity index (χ1) is 9.83. The van der Waals surface area contributed by atoms with Gasteiger partial charge in [-0.05, 0) is 35.6 Å². The molecule has 1 fully saturated rings. The highest BCUT2D eigenvalue weighted by Crippen LogP contribution is 2.35. The molecule has 1 amide bonds. The molecule has 20 heavy (non-hydrogen) atoms. The minimum absolute atomic E-state index is 0.171. The van der Waals surface area contributed by atoms with E-state index < -0.39 is 0 Å². The number of ether oxygens (including phenoxy) is 1. The van der Waals surface area contributed by atoms with Crippen LogP contribution in [0.5, 0.6) is 0 Å². The highest BCUT2D eigenvalue weighted by atomic mass is 32.2. The van der Waals surface area contributed by atoms with Gasteiger partial charge in [-0.3, -0.25) is 4.79 Å². The molecule has 3 nitrogen and oxygen atoms in total. The van der Waals surface area contributed by atoms with E-state index in [-0.39, 0.29) is 5.91 Å². The van der Waals surface area contributed by atoms with Gasteiger partial charge in [0.15, 0.2) is 0 Å². The summed E-state index contributed by atoms with van der Waals surface area (Å²) in [7, 11) is 0. The average molecular weight is 291 g/mol. The molecule has 1 aromatic rings. The van der Waals surface area contributed by atoms with Gasteiger partial charge < -0.3 is 10.1 Å². The number of amides is 1. The van der Waals surface area contributed by atoms with Crippen molar-refractivity contribution in [3.63, 3.8) is 0 Å². The summed E-state index contributed by atoms with van der Waals surface area (Å²) in [6, 6.07) is 8.60. The van der Waals surface area contributed by atoms with Crippen molar-refractivity contribution in [2.45, 2.75) is 24.5 Å². The molecule has 0 radical (unpaired) electrons. The third-order valence-electron chi connectivity index (χ3n) is 4.08. The fraction of sp³-hybridized carbons (Fsp3) is 0.562. The van der Waals surface area contributed by atoms with Crippen molar-refractivity contribution in [2.24, 2.45) is 5.92 Å². The van der Waals surface area contributed by atoms with Gasteiger partial charge in [0.1, 0.15) is 0 Å². The van der Waals surface area contributed by atoms with Crippen LogP contribution in [0.4, 0.5) is 0 Å². The van der Waals surface area contributed by atoms with E-state index in [1.165, 1.54) is 11.1 Å². The molecule has 108 valence electrons. The van der Waals surface area contributed by atoms with Gasteiger partial charge in [0, 0.05) is 31.4 Å². The molecular formula is C16H21NO2S. The SMILES string of the molecule is O=C(C[C@@H]1CCOC1)NC[C@@H]1SCCc2ccccc21. The number of carbonyl (C=O) groups is 1. The maximum absolute atomic E-state index is 12.0. The molecule has 2 atom stereocenters. The lowest BCUT2D eigenvalue weighted by molar-refractivity contribution is -0.122. The standard InChI is InChI=1S/C16H21NO2S/c18-16(9-12-5-7-19-11-12)17-10-15-14-4-2-1-3-13(14)6-8-20-15/h1-4,12,15H,5-11H2,(H,17,18)/t12-,15-/m0/s1. The number of aryl methyl sites for hydroxylation is 1. The van der Waals surface area contributed by atoms with Crippen LogP contribution < -0.4 is 5.32 Å². The third-order valence-corrected chi connectivity index (χ3v) is 5.34. The van der Waals surface area contributed by atoms with E-state index in [0.29, 0.717) is 17.6 Å². The number of carbonyl (C=O) groups excluding carboxylic acids is 1. The Hall–Kier alpha value is -1.00. The van der Waals surface area contributed by atoms with Gasteiger partial charge in [-0.2, -0.15) is 11.8 Å². The molecular weight excluding hydrogens is 270 g/mol. The highest BCUT2D eigenvalue weighted by molar-refractivity contribution is 7.99. The summed E-state index contributed by atoms with van der Waals surface area (Å²) in [5, 5.41) is 3.51. The Balaban J connectivity index is 1.52. The number of thioether (sulfide) groups is 1. The summed E-state index contributed by atoms with van der Waals surface area (Å²) >= 11 is 1.95. The molecule has 0 bridgehead atoms. The van der Waals surface area contributed by atoms with Crippen LogP contribution in [0.1, 0.15) is 29.2 Å². The van der Waals surface area contributed by atoms with Gasteiger partial charge in [0.2, 0.25) is 5.91 Å². The monoisotopic (exact) mass is 291 g/mol. The highest BCUT2D eigenvalue weighted by Gasteiger charge is 2.22. The second-order valence-corrected chi connectivity index (χ2v) is 6.86. The van der Waals surface area contributed by atoms with Crippen molar-refractivity contribution in [3.8, 4) is 0 Å². The van der Waals surface area contributed by atoms with Gasteiger partial charge in [-0.15, -0.1) is 0 Å². The Labute approximate surface area is 124 Å². The van der Waals surface area contributed by atoms with E-state index in [1.807, 2.05) is 11.8 Å². The van der Waals surface area contributed by atoms with Gasteiger partial charge in [-0.1, -0.05) is 24.3 Å². The van der Waals surface area contributed by atoms with E-state index >= 15 is 0 Å². The number of hydrogen-bond donors (Lipinski definition) is 1. The molecule has 2 heterocycles. The maximum atomic E-state index is 12.0. The average Bonchev–Trinajstić information content (AvgIpc) is 2.98. The molecule has 1 saturated heterocycles. The van der Waals surface area contributed by atoms with E-state index in [9.17, 15) is 4.79 Å². The van der Waals surface area contributed by atoms with Crippen molar-refractivity contribution in [1.29, 1.82) is 0 Å². The first kappa shape index (κ1) is 14.0. The summed E-state index contributed by atoms with van der Waals surface area (Å²) in [4.78, 5) is 12.0. The largest absolute Gasteiger partial charge is 0.381 e. The fourth-order valence-corrected chi connectivity index (χ4v) is 4.16.